The molecule has 1 atom stereocenters. The van der Waals surface area contributed by atoms with Crippen molar-refractivity contribution in [1.82, 2.24) is 4.90 Å². The standard InChI is InChI=1S/C9H13Cl2N/c1-8(10)12-6-4-3-5-9(2,11)7-12/h3-4H,1,5-7H2,2H3. The fourth-order valence-electron chi connectivity index (χ4n) is 1.24. The summed E-state index contributed by atoms with van der Waals surface area (Å²) >= 11 is 12.0. The molecule has 68 valence electrons. The van der Waals surface area contributed by atoms with Crippen LogP contribution in [0.2, 0.25) is 0 Å². The fraction of sp³-hybridized carbons (Fsp3) is 0.556. The zero-order valence-corrected chi connectivity index (χ0v) is 8.70. The smallest absolute Gasteiger partial charge is 0.0974 e. The number of hydrogen-bond donors (Lipinski definition) is 0. The van der Waals surface area contributed by atoms with Crippen molar-refractivity contribution in [1.29, 1.82) is 0 Å². The van der Waals surface area contributed by atoms with Gasteiger partial charge in [0.15, 0.2) is 0 Å². The van der Waals surface area contributed by atoms with Crippen LogP contribution in [0.15, 0.2) is 23.9 Å². The minimum absolute atomic E-state index is 0.217. The number of halogens is 2. The van der Waals surface area contributed by atoms with Crippen molar-refractivity contribution in [3.63, 3.8) is 0 Å². The molecule has 0 saturated carbocycles. The van der Waals surface area contributed by atoms with Crippen LogP contribution in [0.5, 0.6) is 0 Å². The first-order chi connectivity index (χ1) is 5.51. The lowest BCUT2D eigenvalue weighted by molar-refractivity contribution is 0.365. The van der Waals surface area contributed by atoms with Crippen LogP contribution in [-0.4, -0.2) is 22.9 Å². The molecule has 12 heavy (non-hydrogen) atoms. The van der Waals surface area contributed by atoms with Crippen molar-refractivity contribution >= 4 is 23.2 Å². The van der Waals surface area contributed by atoms with Gasteiger partial charge < -0.3 is 4.90 Å². The first-order valence-electron chi connectivity index (χ1n) is 3.94. The van der Waals surface area contributed by atoms with E-state index in [0.717, 1.165) is 19.5 Å². The number of rotatable bonds is 1. The van der Waals surface area contributed by atoms with Crippen LogP contribution in [-0.2, 0) is 0 Å². The first-order valence-corrected chi connectivity index (χ1v) is 4.70. The molecule has 0 aromatic carbocycles. The van der Waals surface area contributed by atoms with E-state index in [1.165, 1.54) is 0 Å². The van der Waals surface area contributed by atoms with Gasteiger partial charge in [0, 0.05) is 13.1 Å². The number of allylic oxidation sites excluding steroid dienone is 1. The second-order valence-corrected chi connectivity index (χ2v) is 4.69. The lowest BCUT2D eigenvalue weighted by Crippen LogP contribution is -2.33. The van der Waals surface area contributed by atoms with Crippen molar-refractivity contribution in [2.45, 2.75) is 18.2 Å². The topological polar surface area (TPSA) is 3.24 Å². The van der Waals surface area contributed by atoms with Gasteiger partial charge in [-0.1, -0.05) is 30.3 Å². The van der Waals surface area contributed by atoms with Crippen molar-refractivity contribution in [2.24, 2.45) is 0 Å². The van der Waals surface area contributed by atoms with E-state index in [2.05, 4.69) is 18.7 Å². The largest absolute Gasteiger partial charge is 0.357 e. The normalized spacial score (nSPS) is 30.1. The molecule has 0 spiro atoms. The molecule has 1 heterocycles. The van der Waals surface area contributed by atoms with Crippen LogP contribution in [0.4, 0.5) is 0 Å². The average molecular weight is 206 g/mol. The van der Waals surface area contributed by atoms with Crippen molar-refractivity contribution in [3.05, 3.63) is 23.9 Å². The van der Waals surface area contributed by atoms with E-state index in [-0.39, 0.29) is 4.87 Å². The maximum absolute atomic E-state index is 6.22. The van der Waals surface area contributed by atoms with E-state index in [4.69, 9.17) is 23.2 Å². The van der Waals surface area contributed by atoms with E-state index >= 15 is 0 Å². The molecule has 0 aromatic rings. The van der Waals surface area contributed by atoms with Gasteiger partial charge in [0.05, 0.1) is 10.0 Å². The summed E-state index contributed by atoms with van der Waals surface area (Å²) in [5.74, 6) is 0. The molecule has 0 N–H and O–H groups in total. The summed E-state index contributed by atoms with van der Waals surface area (Å²) in [6, 6.07) is 0. The third kappa shape index (κ3) is 2.72. The highest BCUT2D eigenvalue weighted by molar-refractivity contribution is 6.29. The Morgan fingerprint density at radius 1 is 1.58 bits per heavy atom. The molecule has 0 fully saturated rings. The van der Waals surface area contributed by atoms with Crippen molar-refractivity contribution < 1.29 is 0 Å². The minimum atomic E-state index is -0.217. The predicted molar refractivity (Wildman–Crippen MR) is 54.6 cm³/mol. The fourth-order valence-corrected chi connectivity index (χ4v) is 1.60. The summed E-state index contributed by atoms with van der Waals surface area (Å²) in [5, 5.41) is 0.563. The Balaban J connectivity index is 2.68. The molecular formula is C9H13Cl2N. The Morgan fingerprint density at radius 3 is 2.83 bits per heavy atom. The van der Waals surface area contributed by atoms with Crippen molar-refractivity contribution in [2.75, 3.05) is 13.1 Å². The summed E-state index contributed by atoms with van der Waals surface area (Å²) in [6.07, 6.45) is 5.04. The van der Waals surface area contributed by atoms with Crippen LogP contribution in [0, 0.1) is 0 Å². The summed E-state index contributed by atoms with van der Waals surface area (Å²) in [5.41, 5.74) is 0. The molecule has 0 aliphatic carbocycles. The molecule has 1 nitrogen and oxygen atoms in total. The maximum Gasteiger partial charge on any atom is 0.0974 e. The maximum atomic E-state index is 6.22. The van der Waals surface area contributed by atoms with Gasteiger partial charge in [-0.15, -0.1) is 11.6 Å². The molecular weight excluding hydrogens is 193 g/mol. The molecule has 1 aliphatic rings. The molecule has 1 aliphatic heterocycles. The van der Waals surface area contributed by atoms with Gasteiger partial charge in [-0.2, -0.15) is 0 Å². The lowest BCUT2D eigenvalue weighted by atomic mass is 10.1. The van der Waals surface area contributed by atoms with Crippen LogP contribution in [0.3, 0.4) is 0 Å². The van der Waals surface area contributed by atoms with E-state index in [0.29, 0.717) is 5.16 Å². The SMILES string of the molecule is C=C(Cl)N1CC=CCC(C)(Cl)C1. The molecule has 0 aromatic heterocycles. The number of hydrogen-bond acceptors (Lipinski definition) is 1. The van der Waals surface area contributed by atoms with Crippen LogP contribution < -0.4 is 0 Å². The van der Waals surface area contributed by atoms with E-state index in [1.807, 2.05) is 11.8 Å². The molecule has 0 saturated heterocycles. The van der Waals surface area contributed by atoms with Gasteiger partial charge in [0.25, 0.3) is 0 Å². The van der Waals surface area contributed by atoms with E-state index in [1.54, 1.807) is 0 Å². The zero-order valence-electron chi connectivity index (χ0n) is 7.19. The van der Waals surface area contributed by atoms with Crippen LogP contribution in [0.1, 0.15) is 13.3 Å². The molecule has 3 heteroatoms. The number of alkyl halides is 1. The first kappa shape index (κ1) is 9.94. The highest BCUT2D eigenvalue weighted by atomic mass is 35.5. The van der Waals surface area contributed by atoms with Gasteiger partial charge in [0.2, 0.25) is 0 Å². The zero-order chi connectivity index (χ0) is 9.19. The molecule has 0 amide bonds. The van der Waals surface area contributed by atoms with Gasteiger partial charge in [-0.05, 0) is 13.3 Å². The third-order valence-electron chi connectivity index (χ3n) is 1.90. The summed E-state index contributed by atoms with van der Waals surface area (Å²) < 4.78 is 0. The highest BCUT2D eigenvalue weighted by Gasteiger charge is 2.24. The second kappa shape index (κ2) is 3.71. The van der Waals surface area contributed by atoms with Crippen LogP contribution >= 0.6 is 23.2 Å². The quantitative estimate of drug-likeness (QED) is 0.362. The summed E-state index contributed by atoms with van der Waals surface area (Å²) in [4.78, 5) is 1.75. The average Bonchev–Trinajstić information content (AvgIpc) is 2.10. The lowest BCUT2D eigenvalue weighted by Gasteiger charge is -2.28. The minimum Gasteiger partial charge on any atom is -0.357 e. The highest BCUT2D eigenvalue weighted by Crippen LogP contribution is 2.25. The van der Waals surface area contributed by atoms with Gasteiger partial charge in [-0.25, -0.2) is 0 Å². The van der Waals surface area contributed by atoms with Gasteiger partial charge in [-0.3, -0.25) is 0 Å². The van der Waals surface area contributed by atoms with E-state index in [9.17, 15) is 0 Å². The Labute approximate surface area is 83.6 Å². The number of nitrogens with zero attached hydrogens (tertiary/aromatic N) is 1. The monoisotopic (exact) mass is 205 g/mol. The molecule has 1 unspecified atom stereocenters. The predicted octanol–water partition coefficient (Wildman–Crippen LogP) is 2.96. The van der Waals surface area contributed by atoms with Gasteiger partial charge in [0.1, 0.15) is 0 Å². The molecule has 0 bridgehead atoms. The van der Waals surface area contributed by atoms with Crippen molar-refractivity contribution in [3.8, 4) is 0 Å². The summed E-state index contributed by atoms with van der Waals surface area (Å²) in [6.45, 7) is 7.26. The Kier molecular flexibility index (Phi) is 3.08. The Morgan fingerprint density at radius 2 is 2.25 bits per heavy atom. The Hall–Kier alpha value is -0.140. The van der Waals surface area contributed by atoms with Gasteiger partial charge >= 0.3 is 0 Å². The molecule has 1 rings (SSSR count). The van der Waals surface area contributed by atoms with E-state index < -0.39 is 0 Å². The summed E-state index contributed by atoms with van der Waals surface area (Å²) in [7, 11) is 0. The Bertz CT molecular complexity index is 209. The molecule has 0 radical (unpaired) electrons. The second-order valence-electron chi connectivity index (χ2n) is 3.35. The van der Waals surface area contributed by atoms with Crippen LogP contribution in [0.25, 0.3) is 0 Å². The third-order valence-corrected chi connectivity index (χ3v) is 2.41.